The molecule has 2 aromatic rings. The first-order chi connectivity index (χ1) is 12.0. The number of carbonyl (C=O) groups excluding carboxylic acids is 2. The number of carbonyl (C=O) groups is 2. The Hall–Kier alpha value is -2.72. The number of nitrogens with two attached hydrogens (primary N) is 1. The molecule has 8 nitrogen and oxygen atoms in total. The molecule has 1 aromatic carbocycles. The van der Waals surface area contributed by atoms with Crippen LogP contribution in [0, 0.1) is 0 Å². The van der Waals surface area contributed by atoms with Crippen LogP contribution in [-0.2, 0) is 19.1 Å². The van der Waals surface area contributed by atoms with Gasteiger partial charge in [0, 0.05) is 6.08 Å². The van der Waals surface area contributed by atoms with Gasteiger partial charge in [0.25, 0.3) is 0 Å². The molecule has 0 radical (unpaired) electrons. The molecule has 0 spiro atoms. The number of rotatable bonds is 6. The fourth-order valence-corrected chi connectivity index (χ4v) is 2.97. The van der Waals surface area contributed by atoms with Crippen LogP contribution < -0.4 is 5.73 Å². The second-order valence-electron chi connectivity index (χ2n) is 4.48. The van der Waals surface area contributed by atoms with Gasteiger partial charge in [-0.2, -0.15) is 0 Å². The number of ether oxygens (including phenoxy) is 2. The zero-order valence-electron chi connectivity index (χ0n) is 13.3. The lowest BCUT2D eigenvalue weighted by molar-refractivity contribution is -0.137. The zero-order valence-corrected chi connectivity index (χ0v) is 15.0. The summed E-state index contributed by atoms with van der Waals surface area (Å²) in [6.45, 7) is 0. The van der Waals surface area contributed by atoms with E-state index in [1.807, 2.05) is 18.2 Å². The SMILES string of the molecule is COC(=O)/C=C(\Sc1c(C(N)=S)nnn1-c1ccccc1)C(=O)OC. The summed E-state index contributed by atoms with van der Waals surface area (Å²) in [5, 5.41) is 8.36. The van der Waals surface area contributed by atoms with E-state index in [0.717, 1.165) is 17.8 Å². The van der Waals surface area contributed by atoms with Crippen molar-refractivity contribution < 1.29 is 19.1 Å². The largest absolute Gasteiger partial charge is 0.466 e. The van der Waals surface area contributed by atoms with Gasteiger partial charge in [-0.15, -0.1) is 5.10 Å². The maximum atomic E-state index is 12.0. The lowest BCUT2D eigenvalue weighted by Crippen LogP contribution is -2.13. The second-order valence-corrected chi connectivity index (χ2v) is 5.95. The summed E-state index contributed by atoms with van der Waals surface area (Å²) >= 11 is 5.90. The average molecular weight is 378 g/mol. The Bertz CT molecular complexity index is 833. The van der Waals surface area contributed by atoms with Crippen LogP contribution in [0.4, 0.5) is 0 Å². The standard InChI is InChI=1S/C15H14N4O4S2/c1-22-11(20)8-10(15(21)23-2)25-14-12(13(16)24)17-18-19(14)9-6-4-3-5-7-9/h3-8H,1-2H3,(H2,16,24)/b10-8-. The van der Waals surface area contributed by atoms with Gasteiger partial charge >= 0.3 is 11.9 Å². The normalized spacial score (nSPS) is 11.0. The molecule has 0 saturated carbocycles. The summed E-state index contributed by atoms with van der Waals surface area (Å²) in [7, 11) is 2.41. The molecular weight excluding hydrogens is 364 g/mol. The van der Waals surface area contributed by atoms with E-state index in [4.69, 9.17) is 22.7 Å². The van der Waals surface area contributed by atoms with Crippen molar-refractivity contribution in [3.63, 3.8) is 0 Å². The minimum Gasteiger partial charge on any atom is -0.466 e. The van der Waals surface area contributed by atoms with Gasteiger partial charge in [-0.1, -0.05) is 47.4 Å². The average Bonchev–Trinajstić information content (AvgIpc) is 3.04. The highest BCUT2D eigenvalue weighted by Gasteiger charge is 2.23. The fourth-order valence-electron chi connectivity index (χ4n) is 1.76. The highest BCUT2D eigenvalue weighted by molar-refractivity contribution is 8.04. The Kier molecular flexibility index (Phi) is 6.25. The molecule has 1 heterocycles. The van der Waals surface area contributed by atoms with Crippen LogP contribution in [0.25, 0.3) is 5.69 Å². The fraction of sp³-hybridized carbons (Fsp3) is 0.133. The van der Waals surface area contributed by atoms with Crippen molar-refractivity contribution >= 4 is 40.9 Å². The van der Waals surface area contributed by atoms with E-state index in [0.29, 0.717) is 10.7 Å². The van der Waals surface area contributed by atoms with E-state index >= 15 is 0 Å². The van der Waals surface area contributed by atoms with Crippen molar-refractivity contribution in [1.29, 1.82) is 0 Å². The zero-order chi connectivity index (χ0) is 18.4. The van der Waals surface area contributed by atoms with Crippen molar-refractivity contribution in [3.05, 3.63) is 47.0 Å². The third kappa shape index (κ3) is 4.43. The third-order valence-corrected chi connectivity index (χ3v) is 4.16. The maximum absolute atomic E-state index is 12.0. The molecule has 0 bridgehead atoms. The smallest absolute Gasteiger partial charge is 0.345 e. The molecule has 0 saturated heterocycles. The summed E-state index contributed by atoms with van der Waals surface area (Å²) in [6, 6.07) is 9.07. The van der Waals surface area contributed by atoms with Crippen molar-refractivity contribution in [2.24, 2.45) is 5.73 Å². The molecule has 130 valence electrons. The highest BCUT2D eigenvalue weighted by Crippen LogP contribution is 2.31. The molecule has 0 aliphatic rings. The Balaban J connectivity index is 2.54. The Morgan fingerprint density at radius 2 is 1.92 bits per heavy atom. The number of para-hydroxylation sites is 1. The Morgan fingerprint density at radius 3 is 2.48 bits per heavy atom. The number of aromatic nitrogens is 3. The first-order valence-electron chi connectivity index (χ1n) is 6.84. The van der Waals surface area contributed by atoms with E-state index in [2.05, 4.69) is 15.0 Å². The van der Waals surface area contributed by atoms with E-state index in [1.165, 1.54) is 18.9 Å². The predicted octanol–water partition coefficient (Wildman–Crippen LogP) is 1.22. The number of thiocarbonyl (C=S) groups is 1. The molecule has 0 unspecified atom stereocenters. The molecular formula is C15H14N4O4S2. The van der Waals surface area contributed by atoms with Crippen molar-refractivity contribution in [3.8, 4) is 5.69 Å². The molecule has 0 fully saturated rings. The van der Waals surface area contributed by atoms with Crippen molar-refractivity contribution in [1.82, 2.24) is 15.0 Å². The topological polar surface area (TPSA) is 109 Å². The maximum Gasteiger partial charge on any atom is 0.345 e. The van der Waals surface area contributed by atoms with Crippen molar-refractivity contribution in [2.45, 2.75) is 5.03 Å². The molecule has 0 aliphatic carbocycles. The number of benzene rings is 1. The number of nitrogens with zero attached hydrogens (tertiary/aromatic N) is 3. The highest BCUT2D eigenvalue weighted by atomic mass is 32.2. The molecule has 1 aromatic heterocycles. The van der Waals surface area contributed by atoms with Gasteiger partial charge in [0.15, 0.2) is 5.69 Å². The molecule has 25 heavy (non-hydrogen) atoms. The molecule has 0 atom stereocenters. The monoisotopic (exact) mass is 378 g/mol. The number of thioether (sulfide) groups is 1. The molecule has 2 rings (SSSR count). The van der Waals surface area contributed by atoms with Gasteiger partial charge in [0.1, 0.15) is 14.9 Å². The third-order valence-electron chi connectivity index (χ3n) is 2.91. The lowest BCUT2D eigenvalue weighted by Gasteiger charge is -2.09. The van der Waals surface area contributed by atoms with E-state index in [-0.39, 0.29) is 15.6 Å². The summed E-state index contributed by atoms with van der Waals surface area (Å²) in [5.74, 6) is -1.42. The van der Waals surface area contributed by atoms with Gasteiger partial charge in [-0.05, 0) is 12.1 Å². The van der Waals surface area contributed by atoms with Gasteiger partial charge < -0.3 is 15.2 Å². The van der Waals surface area contributed by atoms with Crippen LogP contribution in [0.15, 0.2) is 46.3 Å². The van der Waals surface area contributed by atoms with Gasteiger partial charge in [0.2, 0.25) is 0 Å². The van der Waals surface area contributed by atoms with Crippen molar-refractivity contribution in [2.75, 3.05) is 14.2 Å². The minimum atomic E-state index is -0.717. The summed E-state index contributed by atoms with van der Waals surface area (Å²) < 4.78 is 10.7. The number of methoxy groups -OCH3 is 2. The van der Waals surface area contributed by atoms with E-state index < -0.39 is 11.9 Å². The molecule has 10 heteroatoms. The first kappa shape index (κ1) is 18.6. The summed E-state index contributed by atoms with van der Waals surface area (Å²) in [5.41, 5.74) is 6.60. The van der Waals surface area contributed by atoms with E-state index in [1.54, 1.807) is 12.1 Å². The molecule has 0 amide bonds. The van der Waals surface area contributed by atoms with Gasteiger partial charge in [-0.25, -0.2) is 14.3 Å². The number of esters is 2. The number of hydrogen-bond acceptors (Lipinski definition) is 8. The number of hydrogen-bond donors (Lipinski definition) is 1. The summed E-state index contributed by atoms with van der Waals surface area (Å²) in [4.78, 5) is 23.5. The molecule has 0 aliphatic heterocycles. The lowest BCUT2D eigenvalue weighted by atomic mass is 10.3. The van der Waals surface area contributed by atoms with Crippen LogP contribution in [-0.4, -0.2) is 46.1 Å². The second kappa shape index (κ2) is 8.40. The van der Waals surface area contributed by atoms with Crippen LogP contribution in [0.1, 0.15) is 5.69 Å². The minimum absolute atomic E-state index is 0.00645. The predicted molar refractivity (Wildman–Crippen MR) is 95.2 cm³/mol. The summed E-state index contributed by atoms with van der Waals surface area (Å²) in [6.07, 6.45) is 1.02. The van der Waals surface area contributed by atoms with Gasteiger partial charge in [-0.3, -0.25) is 0 Å². The first-order valence-corrected chi connectivity index (χ1v) is 8.07. The van der Waals surface area contributed by atoms with Gasteiger partial charge in [0.05, 0.1) is 19.9 Å². The quantitative estimate of drug-likeness (QED) is 0.343. The van der Waals surface area contributed by atoms with Crippen LogP contribution in [0.5, 0.6) is 0 Å². The van der Waals surface area contributed by atoms with Crippen LogP contribution in [0.3, 0.4) is 0 Å². The Labute approximate surface area is 153 Å². The van der Waals surface area contributed by atoms with E-state index in [9.17, 15) is 9.59 Å². The molecule has 2 N–H and O–H groups in total. The Morgan fingerprint density at radius 1 is 1.24 bits per heavy atom. The van der Waals surface area contributed by atoms with Crippen LogP contribution in [0.2, 0.25) is 0 Å². The van der Waals surface area contributed by atoms with Crippen LogP contribution >= 0.6 is 24.0 Å².